The van der Waals surface area contributed by atoms with E-state index in [9.17, 15) is 0 Å². The van der Waals surface area contributed by atoms with Crippen LogP contribution in [0.2, 0.25) is 0 Å². The van der Waals surface area contributed by atoms with Crippen molar-refractivity contribution < 1.29 is 0 Å². The minimum Gasteiger partial charge on any atom is -0.363 e. The molecule has 0 aromatic carbocycles. The first-order valence-corrected chi connectivity index (χ1v) is 6.10. The molecule has 0 aliphatic carbocycles. The van der Waals surface area contributed by atoms with Crippen LogP contribution in [0.3, 0.4) is 0 Å². The minimum atomic E-state index is 0.459. The van der Waals surface area contributed by atoms with Crippen molar-refractivity contribution in [3.63, 3.8) is 0 Å². The summed E-state index contributed by atoms with van der Waals surface area (Å²) in [6.45, 7) is 5.15. The summed E-state index contributed by atoms with van der Waals surface area (Å²) in [5, 5.41) is 7.84. The molecule has 2 rings (SSSR count). The lowest BCUT2D eigenvalue weighted by molar-refractivity contribution is 0.479. The second-order valence-electron chi connectivity index (χ2n) is 4.40. The van der Waals surface area contributed by atoms with Gasteiger partial charge in [-0.2, -0.15) is 5.10 Å². The first kappa shape index (κ1) is 11.8. The molecule has 2 aromatic rings. The average molecular weight is 232 g/mol. The van der Waals surface area contributed by atoms with E-state index >= 15 is 0 Å². The molecule has 0 amide bonds. The number of anilines is 1. The van der Waals surface area contributed by atoms with Gasteiger partial charge in [0.15, 0.2) is 0 Å². The van der Waals surface area contributed by atoms with E-state index < -0.39 is 0 Å². The molecule has 0 bridgehead atoms. The Morgan fingerprint density at radius 3 is 2.82 bits per heavy atom. The third-order valence-corrected chi connectivity index (χ3v) is 3.15. The van der Waals surface area contributed by atoms with Gasteiger partial charge >= 0.3 is 0 Å². The highest BCUT2D eigenvalue weighted by molar-refractivity contribution is 5.33. The lowest BCUT2D eigenvalue weighted by Gasteiger charge is -2.08. The number of aromatic nitrogens is 3. The number of aryl methyl sites for hydroxylation is 1. The van der Waals surface area contributed by atoms with Crippen LogP contribution in [-0.2, 0) is 13.6 Å². The topological polar surface area (TPSA) is 34.8 Å². The molecule has 0 spiro atoms. The molecule has 1 atom stereocenters. The van der Waals surface area contributed by atoms with Gasteiger partial charge in [0.05, 0.1) is 6.54 Å². The van der Waals surface area contributed by atoms with Crippen LogP contribution in [-0.4, -0.2) is 14.3 Å². The number of hydrogen-bond donors (Lipinski definition) is 1. The van der Waals surface area contributed by atoms with Gasteiger partial charge < -0.3 is 9.88 Å². The first-order valence-electron chi connectivity index (χ1n) is 6.10. The molecule has 17 heavy (non-hydrogen) atoms. The Labute approximate surface area is 102 Å². The zero-order valence-corrected chi connectivity index (χ0v) is 10.7. The molecule has 0 aliphatic heterocycles. The average Bonchev–Trinajstić information content (AvgIpc) is 2.94. The summed E-state index contributed by atoms with van der Waals surface area (Å²) in [7, 11) is 2.05. The van der Waals surface area contributed by atoms with Crippen molar-refractivity contribution in [2.24, 2.45) is 7.05 Å². The van der Waals surface area contributed by atoms with Crippen molar-refractivity contribution in [3.05, 3.63) is 36.3 Å². The molecule has 2 aromatic heterocycles. The summed E-state index contributed by atoms with van der Waals surface area (Å²) in [6, 6.07) is 6.64. The molecule has 0 saturated heterocycles. The van der Waals surface area contributed by atoms with Crippen molar-refractivity contribution in [2.45, 2.75) is 32.9 Å². The molecule has 2 heterocycles. The van der Waals surface area contributed by atoms with E-state index in [0.29, 0.717) is 6.04 Å². The van der Waals surface area contributed by atoms with Gasteiger partial charge in [-0.25, -0.2) is 0 Å². The normalized spacial score (nSPS) is 12.6. The largest absolute Gasteiger partial charge is 0.363 e. The van der Waals surface area contributed by atoms with Gasteiger partial charge in [0.1, 0.15) is 5.82 Å². The fourth-order valence-electron chi connectivity index (χ4n) is 1.73. The maximum absolute atomic E-state index is 4.51. The smallest absolute Gasteiger partial charge is 0.148 e. The predicted molar refractivity (Wildman–Crippen MR) is 70.0 cm³/mol. The van der Waals surface area contributed by atoms with Crippen LogP contribution in [0.25, 0.3) is 0 Å². The summed E-state index contributed by atoms with van der Waals surface area (Å²) >= 11 is 0. The van der Waals surface area contributed by atoms with Crippen molar-refractivity contribution in [1.82, 2.24) is 14.3 Å². The Hall–Kier alpha value is -1.71. The third-order valence-electron chi connectivity index (χ3n) is 3.15. The summed E-state index contributed by atoms with van der Waals surface area (Å²) in [4.78, 5) is 0. The second kappa shape index (κ2) is 5.08. The van der Waals surface area contributed by atoms with E-state index in [4.69, 9.17) is 0 Å². The highest BCUT2D eigenvalue weighted by Gasteiger charge is 2.04. The quantitative estimate of drug-likeness (QED) is 0.860. The molecular weight excluding hydrogens is 212 g/mol. The summed E-state index contributed by atoms with van der Waals surface area (Å²) in [5.74, 6) is 0.937. The zero-order chi connectivity index (χ0) is 12.3. The zero-order valence-electron chi connectivity index (χ0n) is 10.7. The Kier molecular flexibility index (Phi) is 3.52. The molecule has 4 heteroatoms. The molecule has 0 aliphatic rings. The lowest BCUT2D eigenvalue weighted by atomic mass is 10.3. The number of nitrogens with zero attached hydrogens (tertiary/aromatic N) is 3. The van der Waals surface area contributed by atoms with Gasteiger partial charge in [-0.3, -0.25) is 4.68 Å². The molecule has 0 saturated carbocycles. The summed E-state index contributed by atoms with van der Waals surface area (Å²) in [6.07, 6.45) is 5.18. The van der Waals surface area contributed by atoms with Crippen LogP contribution in [0, 0.1) is 0 Å². The highest BCUT2D eigenvalue weighted by atomic mass is 15.3. The Bertz CT molecular complexity index is 469. The molecule has 1 N–H and O–H groups in total. The van der Waals surface area contributed by atoms with Crippen LogP contribution >= 0.6 is 0 Å². The van der Waals surface area contributed by atoms with E-state index in [2.05, 4.69) is 54.2 Å². The minimum absolute atomic E-state index is 0.459. The maximum Gasteiger partial charge on any atom is 0.148 e. The van der Waals surface area contributed by atoms with Gasteiger partial charge in [0.25, 0.3) is 0 Å². The van der Waals surface area contributed by atoms with E-state index in [0.717, 1.165) is 18.8 Å². The van der Waals surface area contributed by atoms with Gasteiger partial charge in [-0.05, 0) is 25.5 Å². The third kappa shape index (κ3) is 2.70. The van der Waals surface area contributed by atoms with Crippen LogP contribution in [0.5, 0.6) is 0 Å². The highest BCUT2D eigenvalue weighted by Crippen LogP contribution is 2.12. The monoisotopic (exact) mass is 232 g/mol. The summed E-state index contributed by atoms with van der Waals surface area (Å²) in [5.41, 5.74) is 1.25. The second-order valence-corrected chi connectivity index (χ2v) is 4.40. The Morgan fingerprint density at radius 1 is 1.35 bits per heavy atom. The fourth-order valence-corrected chi connectivity index (χ4v) is 1.73. The predicted octanol–water partition coefficient (Wildman–Crippen LogP) is 2.80. The van der Waals surface area contributed by atoms with Gasteiger partial charge in [0.2, 0.25) is 0 Å². The molecular formula is C13H20N4. The van der Waals surface area contributed by atoms with Crippen LogP contribution in [0.15, 0.2) is 30.6 Å². The van der Waals surface area contributed by atoms with E-state index in [1.807, 2.05) is 16.9 Å². The van der Waals surface area contributed by atoms with Crippen molar-refractivity contribution in [1.29, 1.82) is 0 Å². The van der Waals surface area contributed by atoms with E-state index in [-0.39, 0.29) is 0 Å². The van der Waals surface area contributed by atoms with Crippen LogP contribution in [0.4, 0.5) is 5.82 Å². The molecule has 0 radical (unpaired) electrons. The van der Waals surface area contributed by atoms with Gasteiger partial charge in [0, 0.05) is 37.2 Å². The van der Waals surface area contributed by atoms with Crippen molar-refractivity contribution in [2.75, 3.05) is 5.32 Å². The lowest BCUT2D eigenvalue weighted by Crippen LogP contribution is -2.07. The molecule has 92 valence electrons. The van der Waals surface area contributed by atoms with E-state index in [1.54, 1.807) is 0 Å². The summed E-state index contributed by atoms with van der Waals surface area (Å²) < 4.78 is 4.12. The van der Waals surface area contributed by atoms with E-state index in [1.165, 1.54) is 5.69 Å². The number of hydrogen-bond acceptors (Lipinski definition) is 2. The fraction of sp³-hybridized carbons (Fsp3) is 0.462. The molecule has 0 unspecified atom stereocenters. The number of nitrogens with one attached hydrogen (secondary N) is 1. The van der Waals surface area contributed by atoms with Gasteiger partial charge in [-0.15, -0.1) is 0 Å². The van der Waals surface area contributed by atoms with Crippen molar-refractivity contribution >= 4 is 5.82 Å². The first-order chi connectivity index (χ1) is 8.20. The maximum atomic E-state index is 4.51. The van der Waals surface area contributed by atoms with Crippen LogP contribution < -0.4 is 5.32 Å². The molecule has 4 nitrogen and oxygen atoms in total. The van der Waals surface area contributed by atoms with Crippen LogP contribution in [0.1, 0.15) is 32.0 Å². The molecule has 0 fully saturated rings. The Balaban J connectivity index is 1.96. The SMILES string of the molecule is CC[C@H](C)n1ccc(NCc2cccn2C)n1. The van der Waals surface area contributed by atoms with Gasteiger partial charge in [-0.1, -0.05) is 6.92 Å². The Morgan fingerprint density at radius 2 is 2.18 bits per heavy atom. The standard InChI is InChI=1S/C13H20N4/c1-4-11(2)17-9-7-13(15-17)14-10-12-6-5-8-16(12)3/h5-9,11H,4,10H2,1-3H3,(H,14,15)/t11-/m0/s1. The van der Waals surface area contributed by atoms with Crippen molar-refractivity contribution in [3.8, 4) is 0 Å². The number of rotatable bonds is 5.